The highest BCUT2D eigenvalue weighted by molar-refractivity contribution is 7.89. The molecule has 1 aliphatic carbocycles. The Labute approximate surface area is 154 Å². The van der Waals surface area contributed by atoms with Gasteiger partial charge >= 0.3 is 5.97 Å². The van der Waals surface area contributed by atoms with Crippen molar-refractivity contribution in [3.8, 4) is 0 Å². The van der Waals surface area contributed by atoms with Crippen molar-refractivity contribution < 1.29 is 23.1 Å². The number of hydrogen-bond donors (Lipinski definition) is 2. The topological polar surface area (TPSA) is 104 Å². The molecule has 26 heavy (non-hydrogen) atoms. The van der Waals surface area contributed by atoms with Crippen molar-refractivity contribution in [3.63, 3.8) is 0 Å². The van der Waals surface area contributed by atoms with E-state index in [0.29, 0.717) is 0 Å². The Hall–Kier alpha value is -1.93. The van der Waals surface area contributed by atoms with Gasteiger partial charge in [0.05, 0.1) is 11.3 Å². The van der Waals surface area contributed by atoms with Gasteiger partial charge in [-0.1, -0.05) is 18.9 Å². The number of hydrogen-bond acceptors (Lipinski definition) is 4. The van der Waals surface area contributed by atoms with Crippen LogP contribution in [0.1, 0.15) is 56.3 Å². The van der Waals surface area contributed by atoms with Crippen molar-refractivity contribution >= 4 is 21.9 Å². The molecule has 0 spiro atoms. The Balaban J connectivity index is 2.20. The summed E-state index contributed by atoms with van der Waals surface area (Å²) in [5, 5.41) is 8.86. The molecule has 1 fully saturated rings. The average molecular weight is 382 g/mol. The lowest BCUT2D eigenvalue weighted by atomic mass is 10.1. The van der Waals surface area contributed by atoms with E-state index < -0.39 is 16.0 Å². The summed E-state index contributed by atoms with van der Waals surface area (Å²) in [5.41, 5.74) is 0.235. The Morgan fingerprint density at radius 3 is 2.50 bits per heavy atom. The van der Waals surface area contributed by atoms with Crippen LogP contribution in [0.2, 0.25) is 0 Å². The second-order valence-electron chi connectivity index (χ2n) is 6.87. The van der Waals surface area contributed by atoms with Gasteiger partial charge in [-0.3, -0.25) is 9.59 Å². The Morgan fingerprint density at radius 2 is 1.92 bits per heavy atom. The number of aliphatic carboxylic acids is 1. The summed E-state index contributed by atoms with van der Waals surface area (Å²) >= 11 is 0. The molecule has 0 heterocycles. The van der Waals surface area contributed by atoms with Gasteiger partial charge < -0.3 is 10.0 Å². The predicted molar refractivity (Wildman–Crippen MR) is 97.4 cm³/mol. The molecule has 1 aromatic carbocycles. The second-order valence-corrected chi connectivity index (χ2v) is 8.58. The SMILES string of the molecule is CC(C)N(CCC(=O)O)C(=O)c1cccc(S(=O)(=O)NC2CCCC2)c1. The van der Waals surface area contributed by atoms with Gasteiger partial charge in [-0.25, -0.2) is 13.1 Å². The predicted octanol–water partition coefficient (Wildman–Crippen LogP) is 2.23. The molecule has 1 amide bonds. The van der Waals surface area contributed by atoms with E-state index in [9.17, 15) is 18.0 Å². The highest BCUT2D eigenvalue weighted by atomic mass is 32.2. The minimum absolute atomic E-state index is 0.0530. The number of carboxylic acids is 1. The van der Waals surface area contributed by atoms with E-state index in [-0.39, 0.29) is 41.4 Å². The van der Waals surface area contributed by atoms with Crippen LogP contribution in [0.3, 0.4) is 0 Å². The first-order valence-corrected chi connectivity index (χ1v) is 10.3. The zero-order valence-electron chi connectivity index (χ0n) is 15.1. The van der Waals surface area contributed by atoms with Crippen molar-refractivity contribution in [2.45, 2.75) is 62.9 Å². The van der Waals surface area contributed by atoms with Crippen molar-refractivity contribution in [2.24, 2.45) is 0 Å². The van der Waals surface area contributed by atoms with Gasteiger partial charge in [0, 0.05) is 24.2 Å². The first-order valence-electron chi connectivity index (χ1n) is 8.86. The van der Waals surface area contributed by atoms with E-state index in [0.717, 1.165) is 25.7 Å². The number of amides is 1. The van der Waals surface area contributed by atoms with Crippen LogP contribution >= 0.6 is 0 Å². The highest BCUT2D eigenvalue weighted by Crippen LogP contribution is 2.21. The fraction of sp³-hybridized carbons (Fsp3) is 0.556. The molecule has 7 nitrogen and oxygen atoms in total. The molecule has 1 aliphatic rings. The van der Waals surface area contributed by atoms with Gasteiger partial charge in [-0.05, 0) is 44.9 Å². The number of carboxylic acid groups (broad SMARTS) is 1. The van der Waals surface area contributed by atoms with E-state index in [4.69, 9.17) is 5.11 Å². The van der Waals surface area contributed by atoms with Crippen molar-refractivity contribution in [2.75, 3.05) is 6.54 Å². The van der Waals surface area contributed by atoms with Crippen LogP contribution in [0.15, 0.2) is 29.2 Å². The van der Waals surface area contributed by atoms with Gasteiger partial charge in [-0.15, -0.1) is 0 Å². The summed E-state index contributed by atoms with van der Waals surface area (Å²) in [6.45, 7) is 3.66. The molecule has 0 aliphatic heterocycles. The smallest absolute Gasteiger partial charge is 0.305 e. The second kappa shape index (κ2) is 8.64. The molecule has 0 unspecified atom stereocenters. The fourth-order valence-electron chi connectivity index (χ4n) is 3.10. The number of carbonyl (C=O) groups is 2. The molecule has 2 rings (SSSR count). The lowest BCUT2D eigenvalue weighted by Gasteiger charge is -2.26. The van der Waals surface area contributed by atoms with Crippen LogP contribution in [0.25, 0.3) is 0 Å². The molecule has 0 atom stereocenters. The Bertz CT molecular complexity index is 755. The van der Waals surface area contributed by atoms with Gasteiger partial charge in [0.25, 0.3) is 5.91 Å². The molecular formula is C18H26N2O5S. The molecule has 2 N–H and O–H groups in total. The van der Waals surface area contributed by atoms with Crippen LogP contribution in [0.4, 0.5) is 0 Å². The van der Waals surface area contributed by atoms with Gasteiger partial charge in [0.1, 0.15) is 0 Å². The summed E-state index contributed by atoms with van der Waals surface area (Å²) in [7, 11) is -3.69. The summed E-state index contributed by atoms with van der Waals surface area (Å²) in [4.78, 5) is 25.0. The molecule has 0 radical (unpaired) electrons. The minimum atomic E-state index is -3.69. The normalized spacial score (nSPS) is 15.3. The summed E-state index contributed by atoms with van der Waals surface area (Å²) in [5.74, 6) is -1.36. The maximum atomic E-state index is 12.7. The van der Waals surface area contributed by atoms with Crippen molar-refractivity contribution in [1.82, 2.24) is 9.62 Å². The van der Waals surface area contributed by atoms with Crippen LogP contribution in [0.5, 0.6) is 0 Å². The van der Waals surface area contributed by atoms with Gasteiger partial charge in [-0.2, -0.15) is 0 Å². The lowest BCUT2D eigenvalue weighted by molar-refractivity contribution is -0.137. The van der Waals surface area contributed by atoms with Crippen LogP contribution in [-0.4, -0.2) is 48.9 Å². The summed E-state index contributed by atoms with van der Waals surface area (Å²) < 4.78 is 27.8. The van der Waals surface area contributed by atoms with Gasteiger partial charge in [0.2, 0.25) is 10.0 Å². The average Bonchev–Trinajstić information content (AvgIpc) is 3.06. The van der Waals surface area contributed by atoms with Gasteiger partial charge in [0.15, 0.2) is 0 Å². The van der Waals surface area contributed by atoms with Crippen LogP contribution < -0.4 is 4.72 Å². The molecule has 1 saturated carbocycles. The molecule has 144 valence electrons. The Morgan fingerprint density at radius 1 is 1.27 bits per heavy atom. The third kappa shape index (κ3) is 5.28. The van der Waals surface area contributed by atoms with E-state index in [1.807, 2.05) is 0 Å². The summed E-state index contributed by atoms with van der Waals surface area (Å²) in [6.07, 6.45) is 3.52. The lowest BCUT2D eigenvalue weighted by Crippen LogP contribution is -2.38. The van der Waals surface area contributed by atoms with E-state index in [1.54, 1.807) is 19.9 Å². The minimum Gasteiger partial charge on any atom is -0.481 e. The third-order valence-electron chi connectivity index (χ3n) is 4.52. The fourth-order valence-corrected chi connectivity index (χ4v) is 4.45. The van der Waals surface area contributed by atoms with Crippen molar-refractivity contribution in [3.05, 3.63) is 29.8 Å². The Kier molecular flexibility index (Phi) is 6.77. The zero-order valence-corrected chi connectivity index (χ0v) is 16.0. The number of nitrogens with one attached hydrogen (secondary N) is 1. The number of sulfonamides is 1. The monoisotopic (exact) mass is 382 g/mol. The summed E-state index contributed by atoms with van der Waals surface area (Å²) in [6, 6.07) is 5.65. The van der Waals surface area contributed by atoms with E-state index in [1.165, 1.54) is 23.1 Å². The largest absolute Gasteiger partial charge is 0.481 e. The molecular weight excluding hydrogens is 356 g/mol. The number of nitrogens with zero attached hydrogens (tertiary/aromatic N) is 1. The first kappa shape index (κ1) is 20.4. The molecule has 0 bridgehead atoms. The molecule has 1 aromatic rings. The van der Waals surface area contributed by atoms with Crippen molar-refractivity contribution in [1.29, 1.82) is 0 Å². The highest BCUT2D eigenvalue weighted by Gasteiger charge is 2.25. The molecule has 8 heteroatoms. The first-order chi connectivity index (χ1) is 12.2. The van der Waals surface area contributed by atoms with Crippen LogP contribution in [0, 0.1) is 0 Å². The maximum Gasteiger partial charge on any atom is 0.305 e. The van der Waals surface area contributed by atoms with E-state index >= 15 is 0 Å². The third-order valence-corrected chi connectivity index (χ3v) is 6.04. The molecule has 0 saturated heterocycles. The zero-order chi connectivity index (χ0) is 19.3. The number of benzene rings is 1. The molecule has 0 aromatic heterocycles. The van der Waals surface area contributed by atoms with Crippen LogP contribution in [-0.2, 0) is 14.8 Å². The quantitative estimate of drug-likeness (QED) is 0.717. The maximum absolute atomic E-state index is 12.7. The number of rotatable bonds is 8. The van der Waals surface area contributed by atoms with E-state index in [2.05, 4.69) is 4.72 Å². The number of carbonyl (C=O) groups excluding carboxylic acids is 1. The standard InChI is InChI=1S/C18H26N2O5S/c1-13(2)20(11-10-17(21)22)18(23)14-6-5-9-16(12-14)26(24,25)19-15-7-3-4-8-15/h5-6,9,12-13,15,19H,3-4,7-8,10-11H2,1-2H3,(H,21,22).